The van der Waals surface area contributed by atoms with Gasteiger partial charge in [-0.3, -0.25) is 0 Å². The number of benzene rings is 2. The van der Waals surface area contributed by atoms with Crippen molar-refractivity contribution in [3.05, 3.63) is 145 Å². The van der Waals surface area contributed by atoms with Crippen LogP contribution in [0.25, 0.3) is 11.1 Å². The first kappa shape index (κ1) is 19.4. The molecule has 0 atom stereocenters. The van der Waals surface area contributed by atoms with Crippen LogP contribution in [0.15, 0.2) is 134 Å². The molecule has 28 heavy (non-hydrogen) atoms. The fourth-order valence-electron chi connectivity index (χ4n) is 4.24. The average Bonchev–Trinajstić information content (AvgIpc) is 3.03. The second-order valence-electron chi connectivity index (χ2n) is 6.63. The van der Waals surface area contributed by atoms with Crippen LogP contribution in [0.2, 0.25) is 0 Å². The van der Waals surface area contributed by atoms with E-state index in [-0.39, 0.29) is 0 Å². The Balaban J connectivity index is 2.51. The maximum atomic E-state index is 3.98. The molecule has 0 saturated carbocycles. The third-order valence-electron chi connectivity index (χ3n) is 5.25. The molecule has 2 aromatic rings. The minimum Gasteiger partial charge on any atom is -0.0991 e. The summed E-state index contributed by atoms with van der Waals surface area (Å²) >= 11 is 0. The lowest BCUT2D eigenvalue weighted by Crippen LogP contribution is -2.29. The Labute approximate surface area is 168 Å². The van der Waals surface area contributed by atoms with E-state index in [0.29, 0.717) is 0 Å². The van der Waals surface area contributed by atoms with Crippen molar-refractivity contribution in [2.45, 2.75) is 12.3 Å². The second kappa shape index (κ2) is 8.54. The Kier molecular flexibility index (Phi) is 5.91. The van der Waals surface area contributed by atoms with E-state index >= 15 is 0 Å². The van der Waals surface area contributed by atoms with Crippen molar-refractivity contribution < 1.29 is 0 Å². The van der Waals surface area contributed by atoms with Crippen LogP contribution in [-0.4, -0.2) is 0 Å². The van der Waals surface area contributed by atoms with Crippen molar-refractivity contribution in [2.24, 2.45) is 0 Å². The van der Waals surface area contributed by atoms with Gasteiger partial charge in [-0.15, -0.1) is 0 Å². The Morgan fingerprint density at radius 2 is 1.21 bits per heavy atom. The van der Waals surface area contributed by atoms with E-state index in [9.17, 15) is 0 Å². The molecule has 0 nitrogen and oxygen atoms in total. The minimum absolute atomic E-state index is 0.421. The van der Waals surface area contributed by atoms with Gasteiger partial charge in [-0.25, -0.2) is 0 Å². The molecule has 0 aromatic heterocycles. The first-order valence-corrected chi connectivity index (χ1v) is 9.53. The van der Waals surface area contributed by atoms with Crippen molar-refractivity contribution in [3.63, 3.8) is 0 Å². The van der Waals surface area contributed by atoms with Gasteiger partial charge in [0.15, 0.2) is 0 Å². The van der Waals surface area contributed by atoms with E-state index in [2.05, 4.69) is 99.5 Å². The predicted molar refractivity (Wildman–Crippen MR) is 123 cm³/mol. The van der Waals surface area contributed by atoms with Crippen LogP contribution >= 0.6 is 0 Å². The molecule has 0 fully saturated rings. The van der Waals surface area contributed by atoms with E-state index in [1.807, 2.05) is 30.4 Å². The lowest BCUT2D eigenvalue weighted by molar-refractivity contribution is 0.764. The van der Waals surface area contributed by atoms with Crippen LogP contribution in [0.5, 0.6) is 0 Å². The monoisotopic (exact) mass is 362 g/mol. The molecule has 0 aliphatic heterocycles. The van der Waals surface area contributed by atoms with Crippen LogP contribution in [0.1, 0.15) is 18.1 Å². The summed E-state index contributed by atoms with van der Waals surface area (Å²) in [6.45, 7) is 13.8. The summed E-state index contributed by atoms with van der Waals surface area (Å²) in [5, 5.41) is 0. The van der Waals surface area contributed by atoms with E-state index in [0.717, 1.165) is 5.57 Å². The molecule has 0 bridgehead atoms. The summed E-state index contributed by atoms with van der Waals surface area (Å²) in [5.74, 6) is 0. The largest absolute Gasteiger partial charge is 0.0991 e. The predicted octanol–water partition coefficient (Wildman–Crippen LogP) is 7.50. The molecule has 0 saturated heterocycles. The van der Waals surface area contributed by atoms with Gasteiger partial charge in [0.1, 0.15) is 0 Å². The normalized spacial score (nSPS) is 15.5. The summed E-state index contributed by atoms with van der Waals surface area (Å²) in [5.41, 5.74) is 7.03. The molecular weight excluding hydrogens is 336 g/mol. The number of allylic oxidation sites excluding steroid dienone is 11. The molecule has 0 radical (unpaired) electrons. The van der Waals surface area contributed by atoms with E-state index in [4.69, 9.17) is 0 Å². The number of rotatable bonds is 7. The van der Waals surface area contributed by atoms with Gasteiger partial charge in [-0.1, -0.05) is 123 Å². The van der Waals surface area contributed by atoms with Crippen molar-refractivity contribution in [3.8, 4) is 11.1 Å². The highest BCUT2D eigenvalue weighted by atomic mass is 14.5. The second-order valence-corrected chi connectivity index (χ2v) is 6.63. The standard InChI is InChI=1S/C28H26/c1-5-9-16-22(8-4)28(23(15-7-3)17-10-6-2)26-20-13-11-18-24(26)25-19-12-14-21-27(25)28/h5-21H,1-3H2,4H3/b16-9-,17-10-,22-8+,23-15+. The number of hydrogen-bond acceptors (Lipinski definition) is 0. The van der Waals surface area contributed by atoms with Crippen LogP contribution in [0.4, 0.5) is 0 Å². The van der Waals surface area contributed by atoms with E-state index < -0.39 is 5.41 Å². The highest BCUT2D eigenvalue weighted by Gasteiger charge is 2.46. The Hall–Kier alpha value is -3.38. The van der Waals surface area contributed by atoms with Crippen LogP contribution in [0.3, 0.4) is 0 Å². The van der Waals surface area contributed by atoms with Crippen LogP contribution in [0, 0.1) is 0 Å². The molecule has 3 rings (SSSR count). The number of fused-ring (bicyclic) bond motifs is 3. The Morgan fingerprint density at radius 1 is 0.714 bits per heavy atom. The molecule has 0 heterocycles. The van der Waals surface area contributed by atoms with Gasteiger partial charge in [0, 0.05) is 0 Å². The molecule has 0 spiro atoms. The van der Waals surface area contributed by atoms with Crippen molar-refractivity contribution in [1.82, 2.24) is 0 Å². The lowest BCUT2D eigenvalue weighted by Gasteiger charge is -2.35. The third kappa shape index (κ3) is 2.97. The van der Waals surface area contributed by atoms with Gasteiger partial charge in [-0.2, -0.15) is 0 Å². The maximum absolute atomic E-state index is 3.98. The van der Waals surface area contributed by atoms with Gasteiger partial charge < -0.3 is 0 Å². The zero-order valence-electron chi connectivity index (χ0n) is 16.4. The smallest absolute Gasteiger partial charge is 0.0710 e. The quantitative estimate of drug-likeness (QED) is 0.447. The van der Waals surface area contributed by atoms with Gasteiger partial charge in [0.25, 0.3) is 0 Å². The molecule has 2 aromatic carbocycles. The topological polar surface area (TPSA) is 0 Å². The zero-order chi connectivity index (χ0) is 20.0. The molecular formula is C28H26. The summed E-state index contributed by atoms with van der Waals surface area (Å²) < 4.78 is 0. The summed E-state index contributed by atoms with van der Waals surface area (Å²) in [6.07, 6.45) is 18.1. The summed E-state index contributed by atoms with van der Waals surface area (Å²) in [4.78, 5) is 0. The molecule has 1 aliphatic rings. The van der Waals surface area contributed by atoms with Gasteiger partial charge in [-0.05, 0) is 40.3 Å². The van der Waals surface area contributed by atoms with E-state index in [1.165, 1.54) is 27.8 Å². The summed E-state index contributed by atoms with van der Waals surface area (Å²) in [6, 6.07) is 17.3. The van der Waals surface area contributed by atoms with Gasteiger partial charge in [0.2, 0.25) is 0 Å². The van der Waals surface area contributed by atoms with Crippen LogP contribution < -0.4 is 0 Å². The van der Waals surface area contributed by atoms with Crippen molar-refractivity contribution in [2.75, 3.05) is 0 Å². The molecule has 0 unspecified atom stereocenters. The Bertz CT molecular complexity index is 976. The first-order chi connectivity index (χ1) is 13.7. The minimum atomic E-state index is -0.421. The highest BCUT2D eigenvalue weighted by molar-refractivity contribution is 5.87. The molecule has 0 N–H and O–H groups in total. The lowest BCUT2D eigenvalue weighted by atomic mass is 9.66. The SMILES string of the molecule is C=C/C=C\C(=C/C)C1(C(/C=C\C=C)=C/C=C)c2ccccc2-c2ccccc21. The molecule has 0 heteroatoms. The molecule has 1 aliphatic carbocycles. The van der Waals surface area contributed by atoms with Gasteiger partial charge in [0.05, 0.1) is 5.41 Å². The van der Waals surface area contributed by atoms with Gasteiger partial charge >= 0.3 is 0 Å². The Morgan fingerprint density at radius 3 is 1.68 bits per heavy atom. The van der Waals surface area contributed by atoms with Crippen molar-refractivity contribution in [1.29, 1.82) is 0 Å². The maximum Gasteiger partial charge on any atom is 0.0710 e. The van der Waals surface area contributed by atoms with E-state index in [1.54, 1.807) is 0 Å². The number of hydrogen-bond donors (Lipinski definition) is 0. The molecule has 138 valence electrons. The highest BCUT2D eigenvalue weighted by Crippen LogP contribution is 2.57. The van der Waals surface area contributed by atoms with Crippen molar-refractivity contribution >= 4 is 0 Å². The average molecular weight is 363 g/mol. The van der Waals surface area contributed by atoms with Crippen LogP contribution in [-0.2, 0) is 5.41 Å². The summed E-state index contributed by atoms with van der Waals surface area (Å²) in [7, 11) is 0. The zero-order valence-corrected chi connectivity index (χ0v) is 16.4. The fourth-order valence-corrected chi connectivity index (χ4v) is 4.24. The first-order valence-electron chi connectivity index (χ1n) is 9.53. The third-order valence-corrected chi connectivity index (χ3v) is 5.25. The fraction of sp³-hybridized carbons (Fsp3) is 0.0714. The molecule has 0 amide bonds.